The van der Waals surface area contributed by atoms with Crippen LogP contribution in [0.3, 0.4) is 0 Å². The van der Waals surface area contributed by atoms with Crippen LogP contribution in [-0.2, 0) is 19.0 Å². The van der Waals surface area contributed by atoms with Gasteiger partial charge in [-0.25, -0.2) is 4.79 Å². The SMILES string of the molecule is COC(=O)[C@H]1OC12CCOCC2. The average molecular weight is 172 g/mol. The van der Waals surface area contributed by atoms with Crippen molar-refractivity contribution in [3.8, 4) is 0 Å². The second kappa shape index (κ2) is 2.71. The van der Waals surface area contributed by atoms with E-state index in [2.05, 4.69) is 4.74 Å². The van der Waals surface area contributed by atoms with E-state index in [-0.39, 0.29) is 17.7 Å². The molecule has 2 saturated heterocycles. The molecule has 2 aliphatic rings. The molecule has 4 nitrogen and oxygen atoms in total. The van der Waals surface area contributed by atoms with E-state index < -0.39 is 0 Å². The van der Waals surface area contributed by atoms with Gasteiger partial charge in [-0.15, -0.1) is 0 Å². The molecular formula is C8H12O4. The van der Waals surface area contributed by atoms with Crippen molar-refractivity contribution in [3.05, 3.63) is 0 Å². The molecule has 1 atom stereocenters. The van der Waals surface area contributed by atoms with E-state index in [1.165, 1.54) is 7.11 Å². The van der Waals surface area contributed by atoms with Crippen LogP contribution in [0.1, 0.15) is 12.8 Å². The van der Waals surface area contributed by atoms with Crippen molar-refractivity contribution >= 4 is 5.97 Å². The van der Waals surface area contributed by atoms with Crippen molar-refractivity contribution in [2.24, 2.45) is 0 Å². The van der Waals surface area contributed by atoms with Gasteiger partial charge >= 0.3 is 5.97 Å². The third-order valence-corrected chi connectivity index (χ3v) is 2.53. The Morgan fingerprint density at radius 2 is 2.17 bits per heavy atom. The molecule has 0 bridgehead atoms. The number of carbonyl (C=O) groups excluding carboxylic acids is 1. The monoisotopic (exact) mass is 172 g/mol. The van der Waals surface area contributed by atoms with E-state index in [1.54, 1.807) is 0 Å². The molecule has 0 aromatic rings. The number of esters is 1. The van der Waals surface area contributed by atoms with Gasteiger partial charge in [-0.1, -0.05) is 0 Å². The Balaban J connectivity index is 1.95. The number of hydrogen-bond donors (Lipinski definition) is 0. The van der Waals surface area contributed by atoms with Gasteiger partial charge in [0, 0.05) is 26.1 Å². The van der Waals surface area contributed by atoms with Crippen molar-refractivity contribution in [1.82, 2.24) is 0 Å². The topological polar surface area (TPSA) is 48.1 Å². The van der Waals surface area contributed by atoms with Crippen molar-refractivity contribution in [3.63, 3.8) is 0 Å². The van der Waals surface area contributed by atoms with E-state index in [4.69, 9.17) is 9.47 Å². The second-order valence-electron chi connectivity index (χ2n) is 3.20. The van der Waals surface area contributed by atoms with Crippen LogP contribution in [0.2, 0.25) is 0 Å². The fourth-order valence-electron chi connectivity index (χ4n) is 1.67. The molecule has 0 saturated carbocycles. The standard InChI is InChI=1S/C8H12O4/c1-10-7(9)6-8(12-6)2-4-11-5-3-8/h6H,2-5H2,1H3/t6-/m1/s1. The minimum absolute atomic E-state index is 0.231. The van der Waals surface area contributed by atoms with Gasteiger partial charge in [0.1, 0.15) is 5.60 Å². The summed E-state index contributed by atoms with van der Waals surface area (Å²) in [6.07, 6.45) is 1.30. The fraction of sp³-hybridized carbons (Fsp3) is 0.875. The zero-order valence-electron chi connectivity index (χ0n) is 7.04. The smallest absolute Gasteiger partial charge is 0.338 e. The van der Waals surface area contributed by atoms with Gasteiger partial charge in [-0.2, -0.15) is 0 Å². The first kappa shape index (κ1) is 8.01. The van der Waals surface area contributed by atoms with Gasteiger partial charge in [-0.05, 0) is 0 Å². The van der Waals surface area contributed by atoms with E-state index in [0.29, 0.717) is 13.2 Å². The predicted molar refractivity (Wildman–Crippen MR) is 39.7 cm³/mol. The Bertz CT molecular complexity index is 195. The number of ether oxygens (including phenoxy) is 3. The Morgan fingerprint density at radius 1 is 1.50 bits per heavy atom. The number of hydrogen-bond acceptors (Lipinski definition) is 4. The van der Waals surface area contributed by atoms with E-state index >= 15 is 0 Å². The Hall–Kier alpha value is -0.610. The highest BCUT2D eigenvalue weighted by molar-refractivity contribution is 5.79. The zero-order valence-corrected chi connectivity index (χ0v) is 7.04. The van der Waals surface area contributed by atoms with Crippen molar-refractivity contribution in [2.45, 2.75) is 24.5 Å². The number of carbonyl (C=O) groups is 1. The molecule has 2 fully saturated rings. The molecule has 0 aliphatic carbocycles. The van der Waals surface area contributed by atoms with Gasteiger partial charge in [0.25, 0.3) is 0 Å². The van der Waals surface area contributed by atoms with Crippen molar-refractivity contribution < 1.29 is 19.0 Å². The number of rotatable bonds is 1. The Morgan fingerprint density at radius 3 is 2.75 bits per heavy atom. The third kappa shape index (κ3) is 1.11. The first-order chi connectivity index (χ1) is 5.78. The van der Waals surface area contributed by atoms with Crippen LogP contribution in [0.5, 0.6) is 0 Å². The first-order valence-corrected chi connectivity index (χ1v) is 4.12. The molecule has 0 radical (unpaired) electrons. The molecule has 12 heavy (non-hydrogen) atoms. The van der Waals surface area contributed by atoms with Crippen LogP contribution in [0.15, 0.2) is 0 Å². The molecule has 0 aromatic carbocycles. The lowest BCUT2D eigenvalue weighted by Crippen LogP contribution is -2.29. The largest absolute Gasteiger partial charge is 0.467 e. The van der Waals surface area contributed by atoms with Gasteiger partial charge in [-0.3, -0.25) is 0 Å². The van der Waals surface area contributed by atoms with Crippen LogP contribution >= 0.6 is 0 Å². The lowest BCUT2D eigenvalue weighted by molar-refractivity contribution is -0.142. The minimum Gasteiger partial charge on any atom is -0.467 e. The molecule has 1 spiro atoms. The van der Waals surface area contributed by atoms with Gasteiger partial charge < -0.3 is 14.2 Å². The van der Waals surface area contributed by atoms with E-state index in [9.17, 15) is 4.79 Å². The lowest BCUT2D eigenvalue weighted by Gasteiger charge is -2.18. The first-order valence-electron chi connectivity index (χ1n) is 4.12. The quantitative estimate of drug-likeness (QED) is 0.416. The van der Waals surface area contributed by atoms with E-state index in [0.717, 1.165) is 12.8 Å². The van der Waals surface area contributed by atoms with Gasteiger partial charge in [0.2, 0.25) is 0 Å². The zero-order chi connectivity index (χ0) is 8.60. The number of epoxide rings is 1. The molecule has 0 N–H and O–H groups in total. The van der Waals surface area contributed by atoms with Crippen molar-refractivity contribution in [1.29, 1.82) is 0 Å². The summed E-state index contributed by atoms with van der Waals surface area (Å²) in [7, 11) is 1.39. The summed E-state index contributed by atoms with van der Waals surface area (Å²) >= 11 is 0. The maximum Gasteiger partial charge on any atom is 0.338 e. The minimum atomic E-state index is -0.327. The van der Waals surface area contributed by atoms with Crippen LogP contribution < -0.4 is 0 Å². The second-order valence-corrected chi connectivity index (χ2v) is 3.20. The molecule has 0 unspecified atom stereocenters. The average Bonchev–Trinajstić information content (AvgIpc) is 2.80. The van der Waals surface area contributed by atoms with Crippen LogP contribution in [0.25, 0.3) is 0 Å². The molecule has 2 aliphatic heterocycles. The summed E-state index contributed by atoms with van der Waals surface area (Å²) in [5, 5.41) is 0. The van der Waals surface area contributed by atoms with Gasteiger partial charge in [0.15, 0.2) is 6.10 Å². The number of methoxy groups -OCH3 is 1. The van der Waals surface area contributed by atoms with Gasteiger partial charge in [0.05, 0.1) is 7.11 Å². The fourth-order valence-corrected chi connectivity index (χ4v) is 1.67. The maximum absolute atomic E-state index is 11.1. The molecule has 68 valence electrons. The highest BCUT2D eigenvalue weighted by Crippen LogP contribution is 2.45. The molecule has 2 heterocycles. The maximum atomic E-state index is 11.1. The van der Waals surface area contributed by atoms with Crippen LogP contribution in [0.4, 0.5) is 0 Å². The molecule has 0 amide bonds. The highest BCUT2D eigenvalue weighted by Gasteiger charge is 2.61. The van der Waals surface area contributed by atoms with E-state index in [1.807, 2.05) is 0 Å². The normalized spacial score (nSPS) is 31.6. The molecular weight excluding hydrogens is 160 g/mol. The molecule has 4 heteroatoms. The Kier molecular flexibility index (Phi) is 1.81. The lowest BCUT2D eigenvalue weighted by atomic mass is 9.96. The summed E-state index contributed by atoms with van der Waals surface area (Å²) in [6, 6.07) is 0. The Labute approximate surface area is 70.8 Å². The third-order valence-electron chi connectivity index (χ3n) is 2.53. The van der Waals surface area contributed by atoms with Crippen LogP contribution in [-0.4, -0.2) is 38.0 Å². The summed E-state index contributed by atoms with van der Waals surface area (Å²) in [4.78, 5) is 11.1. The molecule has 0 aromatic heterocycles. The summed E-state index contributed by atoms with van der Waals surface area (Å²) in [6.45, 7) is 1.38. The predicted octanol–water partition coefficient (Wildman–Crippen LogP) is 0.107. The van der Waals surface area contributed by atoms with Crippen LogP contribution in [0, 0.1) is 0 Å². The van der Waals surface area contributed by atoms with Crippen molar-refractivity contribution in [2.75, 3.05) is 20.3 Å². The molecule has 2 rings (SSSR count). The summed E-state index contributed by atoms with van der Waals surface area (Å²) in [5.41, 5.74) is -0.231. The summed E-state index contributed by atoms with van der Waals surface area (Å²) in [5.74, 6) is -0.253. The summed E-state index contributed by atoms with van der Waals surface area (Å²) < 4.78 is 15.1. The highest BCUT2D eigenvalue weighted by atomic mass is 16.7.